The number of nitrogens with zero attached hydrogens (tertiary/aromatic N) is 1. The molecule has 0 fully saturated rings. The third kappa shape index (κ3) is 2.66. The monoisotopic (exact) mass is 383 g/mol. The SMILES string of the molecule is Cc1c(CC(=O)O)c2c(Cl)c(O)ccc2n1C(=O)c1ccc(Cl)s1. The molecule has 5 nitrogen and oxygen atoms in total. The third-order valence-corrected chi connectivity index (χ3v) is 5.33. The first-order valence-electron chi connectivity index (χ1n) is 6.84. The van der Waals surface area contributed by atoms with Crippen LogP contribution in [0.3, 0.4) is 0 Å². The first-order chi connectivity index (χ1) is 11.3. The largest absolute Gasteiger partial charge is 0.506 e. The van der Waals surface area contributed by atoms with Gasteiger partial charge in [0.15, 0.2) is 0 Å². The zero-order chi connectivity index (χ0) is 17.6. The van der Waals surface area contributed by atoms with E-state index in [0.29, 0.717) is 31.4 Å². The van der Waals surface area contributed by atoms with Crippen LogP contribution in [0.1, 0.15) is 20.9 Å². The lowest BCUT2D eigenvalue weighted by Crippen LogP contribution is -2.12. The minimum atomic E-state index is -1.05. The lowest BCUT2D eigenvalue weighted by molar-refractivity contribution is -0.136. The second-order valence-electron chi connectivity index (χ2n) is 5.17. The fourth-order valence-electron chi connectivity index (χ4n) is 2.69. The maximum atomic E-state index is 12.9. The van der Waals surface area contributed by atoms with Gasteiger partial charge >= 0.3 is 5.97 Å². The number of phenolic OH excluding ortho intramolecular Hbond substituents is 1. The average molecular weight is 384 g/mol. The average Bonchev–Trinajstić information content (AvgIpc) is 3.05. The van der Waals surface area contributed by atoms with Crippen LogP contribution in [-0.2, 0) is 11.2 Å². The number of phenols is 1. The van der Waals surface area contributed by atoms with Crippen molar-refractivity contribution < 1.29 is 19.8 Å². The summed E-state index contributed by atoms with van der Waals surface area (Å²) in [5.74, 6) is -1.55. The smallest absolute Gasteiger partial charge is 0.307 e. The summed E-state index contributed by atoms with van der Waals surface area (Å²) in [6, 6.07) is 6.15. The molecular weight excluding hydrogens is 373 g/mol. The van der Waals surface area contributed by atoms with Crippen LogP contribution in [0.5, 0.6) is 5.75 Å². The number of rotatable bonds is 3. The predicted molar refractivity (Wildman–Crippen MR) is 93.7 cm³/mol. The Balaban J connectivity index is 2.32. The summed E-state index contributed by atoms with van der Waals surface area (Å²) in [4.78, 5) is 24.5. The molecule has 1 aromatic carbocycles. The summed E-state index contributed by atoms with van der Waals surface area (Å²) in [6.07, 6.45) is -0.309. The van der Waals surface area contributed by atoms with Crippen molar-refractivity contribution >= 4 is 57.3 Å². The molecule has 0 amide bonds. The van der Waals surface area contributed by atoms with E-state index in [-0.39, 0.29) is 23.1 Å². The van der Waals surface area contributed by atoms with Crippen molar-refractivity contribution in [1.82, 2.24) is 4.57 Å². The van der Waals surface area contributed by atoms with Crippen LogP contribution in [0.4, 0.5) is 0 Å². The van der Waals surface area contributed by atoms with Gasteiger partial charge in [0, 0.05) is 11.1 Å². The van der Waals surface area contributed by atoms with Crippen LogP contribution in [0.25, 0.3) is 10.9 Å². The van der Waals surface area contributed by atoms with E-state index in [2.05, 4.69) is 0 Å². The Morgan fingerprint density at radius 1 is 1.21 bits per heavy atom. The zero-order valence-corrected chi connectivity index (χ0v) is 14.7. The van der Waals surface area contributed by atoms with E-state index >= 15 is 0 Å². The molecule has 8 heteroatoms. The topological polar surface area (TPSA) is 79.5 Å². The minimum absolute atomic E-state index is 0.0302. The van der Waals surface area contributed by atoms with E-state index in [1.165, 1.54) is 10.6 Å². The van der Waals surface area contributed by atoms with Crippen LogP contribution >= 0.6 is 34.5 Å². The summed E-state index contributed by atoms with van der Waals surface area (Å²) in [7, 11) is 0. The molecule has 0 aliphatic heterocycles. The fourth-order valence-corrected chi connectivity index (χ4v) is 3.94. The van der Waals surface area contributed by atoms with E-state index in [1.807, 2.05) is 0 Å². The Labute approximate surface area is 150 Å². The molecule has 0 saturated heterocycles. The number of aromatic nitrogens is 1. The zero-order valence-electron chi connectivity index (χ0n) is 12.3. The Morgan fingerprint density at radius 3 is 2.50 bits per heavy atom. The van der Waals surface area contributed by atoms with Crippen molar-refractivity contribution in [3.05, 3.63) is 49.8 Å². The molecule has 0 bridgehead atoms. The van der Waals surface area contributed by atoms with Gasteiger partial charge in [0.05, 0.1) is 26.2 Å². The molecule has 2 heterocycles. The van der Waals surface area contributed by atoms with Crippen molar-refractivity contribution in [3.8, 4) is 5.75 Å². The molecule has 0 aliphatic rings. The number of carbonyl (C=O) groups is 2. The number of aromatic hydroxyl groups is 1. The van der Waals surface area contributed by atoms with Gasteiger partial charge in [0.1, 0.15) is 5.75 Å². The molecule has 0 aliphatic carbocycles. The molecule has 0 spiro atoms. The second-order valence-corrected chi connectivity index (χ2v) is 7.26. The Hall–Kier alpha value is -2.02. The van der Waals surface area contributed by atoms with Crippen molar-refractivity contribution in [2.75, 3.05) is 0 Å². The quantitative estimate of drug-likeness (QED) is 0.704. The summed E-state index contributed by atoms with van der Waals surface area (Å²) < 4.78 is 1.88. The number of benzene rings is 1. The summed E-state index contributed by atoms with van der Waals surface area (Å²) in [6.45, 7) is 1.65. The first-order valence-corrected chi connectivity index (χ1v) is 8.41. The van der Waals surface area contributed by atoms with Gasteiger partial charge in [-0.2, -0.15) is 0 Å². The molecule has 0 atom stereocenters. The lowest BCUT2D eigenvalue weighted by Gasteiger charge is -2.05. The molecule has 0 saturated carbocycles. The van der Waals surface area contributed by atoms with Gasteiger partial charge in [-0.1, -0.05) is 23.2 Å². The number of fused-ring (bicyclic) bond motifs is 1. The second kappa shape index (κ2) is 6.12. The normalized spacial score (nSPS) is 11.1. The molecule has 3 rings (SSSR count). The van der Waals surface area contributed by atoms with Gasteiger partial charge in [-0.3, -0.25) is 14.2 Å². The number of aliphatic carboxylic acids is 1. The maximum Gasteiger partial charge on any atom is 0.307 e. The number of carbonyl (C=O) groups excluding carboxylic acids is 1. The molecule has 124 valence electrons. The van der Waals surface area contributed by atoms with Gasteiger partial charge in [-0.25, -0.2) is 0 Å². The van der Waals surface area contributed by atoms with Gasteiger partial charge in [0.25, 0.3) is 5.91 Å². The van der Waals surface area contributed by atoms with E-state index in [1.54, 1.807) is 25.1 Å². The number of carboxylic acid groups (broad SMARTS) is 1. The standard InChI is InChI=1S/C16H11Cl2NO4S/c1-7-8(6-13(21)22)14-9(2-3-10(20)15(14)18)19(7)16(23)11-4-5-12(17)24-11/h2-5,20H,6H2,1H3,(H,21,22). The van der Waals surface area contributed by atoms with Crippen molar-refractivity contribution in [2.24, 2.45) is 0 Å². The molecule has 2 aromatic heterocycles. The number of hydrogen-bond acceptors (Lipinski definition) is 4. The summed E-state index contributed by atoms with van der Waals surface area (Å²) >= 11 is 13.2. The van der Waals surface area contributed by atoms with Crippen LogP contribution in [0.2, 0.25) is 9.36 Å². The van der Waals surface area contributed by atoms with Crippen molar-refractivity contribution in [3.63, 3.8) is 0 Å². The number of thiophene rings is 1. The fraction of sp³-hybridized carbons (Fsp3) is 0.125. The Kier molecular flexibility index (Phi) is 4.29. The summed E-state index contributed by atoms with van der Waals surface area (Å²) in [5, 5.41) is 19.4. The Morgan fingerprint density at radius 2 is 1.92 bits per heavy atom. The molecule has 3 aromatic rings. The van der Waals surface area contributed by atoms with Crippen LogP contribution in [0, 0.1) is 6.92 Å². The number of carboxylic acids is 1. The highest BCUT2D eigenvalue weighted by molar-refractivity contribution is 7.18. The van der Waals surface area contributed by atoms with E-state index < -0.39 is 5.97 Å². The lowest BCUT2D eigenvalue weighted by atomic mass is 10.1. The van der Waals surface area contributed by atoms with Gasteiger partial charge in [0.2, 0.25) is 0 Å². The highest BCUT2D eigenvalue weighted by atomic mass is 35.5. The number of halogens is 2. The Bertz CT molecular complexity index is 990. The molecular formula is C16H11Cl2NO4S. The van der Waals surface area contributed by atoms with E-state index in [4.69, 9.17) is 28.3 Å². The predicted octanol–water partition coefficient (Wildman–Crippen LogP) is 4.34. The van der Waals surface area contributed by atoms with E-state index in [9.17, 15) is 14.7 Å². The minimum Gasteiger partial charge on any atom is -0.506 e. The highest BCUT2D eigenvalue weighted by Crippen LogP contribution is 2.38. The first kappa shape index (κ1) is 16.8. The third-order valence-electron chi connectivity index (χ3n) is 3.73. The maximum absolute atomic E-state index is 12.9. The van der Waals surface area contributed by atoms with Gasteiger partial charge < -0.3 is 10.2 Å². The van der Waals surface area contributed by atoms with Crippen LogP contribution in [0.15, 0.2) is 24.3 Å². The van der Waals surface area contributed by atoms with Crippen molar-refractivity contribution in [1.29, 1.82) is 0 Å². The molecule has 0 radical (unpaired) electrons. The van der Waals surface area contributed by atoms with Crippen molar-refractivity contribution in [2.45, 2.75) is 13.3 Å². The van der Waals surface area contributed by atoms with E-state index in [0.717, 1.165) is 11.3 Å². The summed E-state index contributed by atoms with van der Waals surface area (Å²) in [5.41, 5.74) is 1.31. The molecule has 2 N–H and O–H groups in total. The van der Waals surface area contributed by atoms with Gasteiger partial charge in [-0.15, -0.1) is 11.3 Å². The van der Waals surface area contributed by atoms with Gasteiger partial charge in [-0.05, 0) is 36.8 Å². The molecule has 24 heavy (non-hydrogen) atoms. The van der Waals surface area contributed by atoms with Crippen LogP contribution < -0.4 is 0 Å². The molecule has 0 unspecified atom stereocenters. The number of hydrogen-bond donors (Lipinski definition) is 2. The highest BCUT2D eigenvalue weighted by Gasteiger charge is 2.24. The van der Waals surface area contributed by atoms with Crippen LogP contribution in [-0.4, -0.2) is 26.7 Å².